The average Bonchev–Trinajstić information content (AvgIpc) is 3.22. The number of benzene rings is 2. The van der Waals surface area contributed by atoms with E-state index in [1.807, 2.05) is 59.2 Å². The summed E-state index contributed by atoms with van der Waals surface area (Å²) in [4.78, 5) is 23.9. The molecule has 3 heterocycles. The van der Waals surface area contributed by atoms with Gasteiger partial charge in [0.2, 0.25) is 0 Å². The number of rotatable bonds is 5. The number of hydrogen-bond donors (Lipinski definition) is 0. The first-order valence-electron chi connectivity index (χ1n) is 11.1. The van der Waals surface area contributed by atoms with Gasteiger partial charge in [0, 0.05) is 35.8 Å². The minimum absolute atomic E-state index is 0.0808. The molecule has 162 valence electrons. The molecule has 4 nitrogen and oxygen atoms in total. The molecule has 0 saturated carbocycles. The van der Waals surface area contributed by atoms with E-state index < -0.39 is 0 Å². The lowest BCUT2D eigenvalue weighted by atomic mass is 9.97. The molecule has 0 radical (unpaired) electrons. The average molecular weight is 442 g/mol. The predicted octanol–water partition coefficient (Wildman–Crippen LogP) is 5.12. The summed E-state index contributed by atoms with van der Waals surface area (Å²) >= 11 is 1.83. The van der Waals surface area contributed by atoms with Gasteiger partial charge in [-0.15, -0.1) is 11.3 Å². The van der Waals surface area contributed by atoms with E-state index >= 15 is 0 Å². The van der Waals surface area contributed by atoms with E-state index in [4.69, 9.17) is 4.98 Å². The van der Waals surface area contributed by atoms with E-state index in [1.54, 1.807) is 0 Å². The van der Waals surface area contributed by atoms with Crippen LogP contribution in [0.4, 0.5) is 0 Å². The van der Waals surface area contributed by atoms with Crippen molar-refractivity contribution in [2.24, 2.45) is 0 Å². The van der Waals surface area contributed by atoms with E-state index in [1.165, 1.54) is 9.75 Å². The zero-order valence-corrected chi connectivity index (χ0v) is 19.3. The molecule has 0 spiro atoms. The highest BCUT2D eigenvalue weighted by Crippen LogP contribution is 2.28. The lowest BCUT2D eigenvalue weighted by molar-refractivity contribution is 0.242. The fourth-order valence-electron chi connectivity index (χ4n) is 4.66. The Hall–Kier alpha value is -3.02. The third kappa shape index (κ3) is 4.06. The third-order valence-electron chi connectivity index (χ3n) is 6.18. The number of aryl methyl sites for hydroxylation is 2. The van der Waals surface area contributed by atoms with Crippen molar-refractivity contribution in [1.82, 2.24) is 14.5 Å². The van der Waals surface area contributed by atoms with E-state index in [2.05, 4.69) is 48.2 Å². The lowest BCUT2D eigenvalue weighted by Crippen LogP contribution is -2.40. The molecule has 5 rings (SSSR count). The fourth-order valence-corrected chi connectivity index (χ4v) is 5.59. The standard InChI is InChI=1S/C27H27N3OS/c1-19-13-14-23(32-19)17-29-16-15-25-24(18-29)27(31)30(20(2)28-25)26(21-9-5-3-6-10-21)22-11-7-4-8-12-22/h3-14,26H,15-18H2,1-2H3. The van der Waals surface area contributed by atoms with Gasteiger partial charge in [-0.25, -0.2) is 4.98 Å². The number of aromatic nitrogens is 2. The second-order valence-electron chi connectivity index (χ2n) is 8.46. The summed E-state index contributed by atoms with van der Waals surface area (Å²) in [6, 6.07) is 24.7. The van der Waals surface area contributed by atoms with Crippen LogP contribution in [0.1, 0.15) is 44.0 Å². The molecule has 1 aliphatic rings. The van der Waals surface area contributed by atoms with Crippen LogP contribution in [0.3, 0.4) is 0 Å². The molecular formula is C27H27N3OS. The second kappa shape index (κ2) is 8.85. The van der Waals surface area contributed by atoms with Crippen molar-refractivity contribution in [3.63, 3.8) is 0 Å². The van der Waals surface area contributed by atoms with Gasteiger partial charge in [-0.05, 0) is 37.1 Å². The normalized spacial score (nSPS) is 14.0. The first kappa shape index (κ1) is 20.9. The first-order valence-corrected chi connectivity index (χ1v) is 11.9. The maximum atomic E-state index is 13.9. The van der Waals surface area contributed by atoms with Gasteiger partial charge in [-0.2, -0.15) is 0 Å². The van der Waals surface area contributed by atoms with Crippen LogP contribution >= 0.6 is 11.3 Å². The highest BCUT2D eigenvalue weighted by atomic mass is 32.1. The number of hydrogen-bond acceptors (Lipinski definition) is 4. The second-order valence-corrected chi connectivity index (χ2v) is 9.83. The van der Waals surface area contributed by atoms with Crippen LogP contribution in [-0.2, 0) is 19.5 Å². The van der Waals surface area contributed by atoms with Gasteiger partial charge in [0.15, 0.2) is 0 Å². The lowest BCUT2D eigenvalue weighted by Gasteiger charge is -2.30. The van der Waals surface area contributed by atoms with Gasteiger partial charge in [0.1, 0.15) is 5.82 Å². The van der Waals surface area contributed by atoms with E-state index in [9.17, 15) is 4.79 Å². The Bertz CT molecular complexity index is 1240. The molecule has 32 heavy (non-hydrogen) atoms. The molecule has 0 amide bonds. The highest BCUT2D eigenvalue weighted by Gasteiger charge is 2.27. The molecule has 2 aromatic heterocycles. The summed E-state index contributed by atoms with van der Waals surface area (Å²) < 4.78 is 1.89. The summed E-state index contributed by atoms with van der Waals surface area (Å²) in [6.45, 7) is 6.56. The van der Waals surface area contributed by atoms with E-state index in [0.717, 1.165) is 47.7 Å². The van der Waals surface area contributed by atoms with Gasteiger partial charge >= 0.3 is 0 Å². The predicted molar refractivity (Wildman–Crippen MR) is 130 cm³/mol. The zero-order valence-electron chi connectivity index (χ0n) is 18.5. The molecule has 4 aromatic rings. The Balaban J connectivity index is 1.57. The number of thiophene rings is 1. The highest BCUT2D eigenvalue weighted by molar-refractivity contribution is 7.11. The molecule has 0 atom stereocenters. The van der Waals surface area contributed by atoms with Gasteiger partial charge in [-0.1, -0.05) is 60.7 Å². The maximum Gasteiger partial charge on any atom is 0.259 e. The van der Waals surface area contributed by atoms with Crippen LogP contribution in [-0.4, -0.2) is 21.0 Å². The fraction of sp³-hybridized carbons (Fsp3) is 0.259. The Morgan fingerprint density at radius 2 is 1.59 bits per heavy atom. The van der Waals surface area contributed by atoms with Gasteiger partial charge in [-0.3, -0.25) is 14.3 Å². The largest absolute Gasteiger partial charge is 0.293 e. The van der Waals surface area contributed by atoms with Gasteiger partial charge in [0.05, 0.1) is 17.3 Å². The van der Waals surface area contributed by atoms with Crippen LogP contribution in [0.2, 0.25) is 0 Å². The molecular weight excluding hydrogens is 414 g/mol. The summed E-state index contributed by atoms with van der Waals surface area (Å²) in [5.41, 5.74) is 4.06. The maximum absolute atomic E-state index is 13.9. The molecule has 5 heteroatoms. The Labute approximate surface area is 192 Å². The molecule has 0 saturated heterocycles. The molecule has 0 aliphatic carbocycles. The zero-order chi connectivity index (χ0) is 22.1. The minimum Gasteiger partial charge on any atom is -0.293 e. The SMILES string of the molecule is Cc1ccc(CN2CCc3nc(C)n(C(c4ccccc4)c4ccccc4)c(=O)c3C2)s1. The first-order chi connectivity index (χ1) is 15.6. The van der Waals surface area contributed by atoms with Crippen molar-refractivity contribution >= 4 is 11.3 Å². The Kier molecular flexibility index (Phi) is 5.77. The summed E-state index contributed by atoms with van der Waals surface area (Å²) in [6.07, 6.45) is 0.817. The van der Waals surface area contributed by atoms with E-state index in [-0.39, 0.29) is 11.6 Å². The van der Waals surface area contributed by atoms with Crippen molar-refractivity contribution in [3.05, 3.63) is 121 Å². The molecule has 1 aliphatic heterocycles. The summed E-state index contributed by atoms with van der Waals surface area (Å²) in [5.74, 6) is 0.772. The van der Waals surface area contributed by atoms with Gasteiger partial charge in [0.25, 0.3) is 5.56 Å². The summed E-state index contributed by atoms with van der Waals surface area (Å²) in [7, 11) is 0. The molecule has 0 fully saturated rings. The van der Waals surface area contributed by atoms with Crippen LogP contribution in [0.25, 0.3) is 0 Å². The molecule has 2 aromatic carbocycles. The van der Waals surface area contributed by atoms with Crippen LogP contribution in [0, 0.1) is 13.8 Å². The van der Waals surface area contributed by atoms with Crippen LogP contribution in [0.5, 0.6) is 0 Å². The third-order valence-corrected chi connectivity index (χ3v) is 7.17. The van der Waals surface area contributed by atoms with E-state index in [0.29, 0.717) is 6.54 Å². The molecule has 0 unspecified atom stereocenters. The Morgan fingerprint density at radius 3 is 2.19 bits per heavy atom. The van der Waals surface area contributed by atoms with Crippen molar-refractivity contribution in [2.45, 2.75) is 39.4 Å². The van der Waals surface area contributed by atoms with Gasteiger partial charge < -0.3 is 0 Å². The molecule has 0 bridgehead atoms. The van der Waals surface area contributed by atoms with Crippen molar-refractivity contribution in [2.75, 3.05) is 6.54 Å². The number of fused-ring (bicyclic) bond motifs is 1. The Morgan fingerprint density at radius 1 is 0.938 bits per heavy atom. The monoisotopic (exact) mass is 441 g/mol. The minimum atomic E-state index is -0.196. The van der Waals surface area contributed by atoms with Crippen molar-refractivity contribution < 1.29 is 0 Å². The quantitative estimate of drug-likeness (QED) is 0.432. The van der Waals surface area contributed by atoms with Crippen molar-refractivity contribution in [3.8, 4) is 0 Å². The van der Waals surface area contributed by atoms with Crippen LogP contribution < -0.4 is 5.56 Å². The smallest absolute Gasteiger partial charge is 0.259 e. The number of nitrogens with zero attached hydrogens (tertiary/aromatic N) is 3. The topological polar surface area (TPSA) is 38.1 Å². The summed E-state index contributed by atoms with van der Waals surface area (Å²) in [5, 5.41) is 0. The van der Waals surface area contributed by atoms with Crippen molar-refractivity contribution in [1.29, 1.82) is 0 Å². The van der Waals surface area contributed by atoms with Crippen LogP contribution in [0.15, 0.2) is 77.6 Å². The molecule has 0 N–H and O–H groups in total.